The number of ketones is 1. The van der Waals surface area contributed by atoms with Crippen LogP contribution in [0.1, 0.15) is 48.0 Å². The second kappa shape index (κ2) is 5.62. The lowest BCUT2D eigenvalue weighted by Gasteiger charge is -2.20. The predicted octanol–water partition coefficient (Wildman–Crippen LogP) is 2.74. The first-order chi connectivity index (χ1) is 8.33. The van der Waals surface area contributed by atoms with Crippen LogP contribution in [-0.2, 0) is 0 Å². The summed E-state index contributed by atoms with van der Waals surface area (Å²) in [6.45, 7) is 0. The van der Waals surface area contributed by atoms with E-state index in [9.17, 15) is 4.79 Å². The van der Waals surface area contributed by atoms with Crippen LogP contribution >= 0.6 is 0 Å². The maximum absolute atomic E-state index is 12.4. The molecule has 0 aliphatic heterocycles. The van der Waals surface area contributed by atoms with Gasteiger partial charge < -0.3 is 5.84 Å². The molecule has 1 aromatic rings. The lowest BCUT2D eigenvalue weighted by atomic mass is 9.83. The van der Waals surface area contributed by atoms with E-state index < -0.39 is 0 Å². The Balaban J connectivity index is 2.23. The monoisotopic (exact) mass is 230 g/mol. The summed E-state index contributed by atoms with van der Waals surface area (Å²) in [5, 5.41) is 3.52. The molecule has 0 spiro atoms. The first-order valence-corrected chi connectivity index (χ1v) is 6.19. The average Bonchev–Trinajstić information content (AvgIpc) is 2.40. The van der Waals surface area contributed by atoms with Crippen molar-refractivity contribution in [3.8, 4) is 0 Å². The minimum absolute atomic E-state index is 0.191. The molecular formula is C14H18N2O. The van der Waals surface area contributed by atoms with Crippen molar-refractivity contribution in [3.63, 3.8) is 0 Å². The van der Waals surface area contributed by atoms with Crippen LogP contribution in [0.4, 0.5) is 0 Å². The first-order valence-electron chi connectivity index (χ1n) is 6.19. The minimum atomic E-state index is 0.191. The molecule has 17 heavy (non-hydrogen) atoms. The van der Waals surface area contributed by atoms with E-state index in [4.69, 9.17) is 5.84 Å². The number of hydrogen-bond acceptors (Lipinski definition) is 3. The topological polar surface area (TPSA) is 55.4 Å². The van der Waals surface area contributed by atoms with E-state index >= 15 is 0 Å². The molecule has 0 aromatic heterocycles. The molecular weight excluding hydrogens is 212 g/mol. The van der Waals surface area contributed by atoms with Crippen molar-refractivity contribution >= 4 is 12.0 Å². The highest BCUT2D eigenvalue weighted by Gasteiger charge is 2.23. The summed E-state index contributed by atoms with van der Waals surface area (Å²) in [4.78, 5) is 12.4. The van der Waals surface area contributed by atoms with Gasteiger partial charge in [0.25, 0.3) is 0 Å². The number of nitrogens with zero attached hydrogens (tertiary/aromatic N) is 1. The highest BCUT2D eigenvalue weighted by atomic mass is 16.1. The van der Waals surface area contributed by atoms with Gasteiger partial charge in [0.05, 0.1) is 6.21 Å². The van der Waals surface area contributed by atoms with Gasteiger partial charge in [-0.1, -0.05) is 43.5 Å². The molecule has 0 radical (unpaired) electrons. The van der Waals surface area contributed by atoms with Crippen LogP contribution in [0.3, 0.4) is 0 Å². The smallest absolute Gasteiger partial charge is 0.166 e. The van der Waals surface area contributed by atoms with E-state index in [1.54, 1.807) is 6.21 Å². The third kappa shape index (κ3) is 2.73. The largest absolute Gasteiger partial charge is 0.323 e. The van der Waals surface area contributed by atoms with Crippen molar-refractivity contribution in [1.29, 1.82) is 0 Å². The molecule has 0 unspecified atom stereocenters. The van der Waals surface area contributed by atoms with Crippen LogP contribution in [0.15, 0.2) is 29.4 Å². The molecule has 2 rings (SSSR count). The van der Waals surface area contributed by atoms with Gasteiger partial charge in [0.2, 0.25) is 0 Å². The van der Waals surface area contributed by atoms with Crippen molar-refractivity contribution in [3.05, 3.63) is 35.4 Å². The SMILES string of the molecule is NN=Cc1ccccc1C(=O)C1CCCCC1. The Morgan fingerprint density at radius 2 is 1.94 bits per heavy atom. The summed E-state index contributed by atoms with van der Waals surface area (Å²) >= 11 is 0. The average molecular weight is 230 g/mol. The lowest BCUT2D eigenvalue weighted by molar-refractivity contribution is 0.0889. The van der Waals surface area contributed by atoms with E-state index in [1.807, 2.05) is 24.3 Å². The molecule has 2 N–H and O–H groups in total. The zero-order chi connectivity index (χ0) is 12.1. The molecule has 0 atom stereocenters. The van der Waals surface area contributed by atoms with Crippen molar-refractivity contribution in [2.75, 3.05) is 0 Å². The van der Waals surface area contributed by atoms with Gasteiger partial charge in [0.15, 0.2) is 5.78 Å². The minimum Gasteiger partial charge on any atom is -0.323 e. The molecule has 1 fully saturated rings. The van der Waals surface area contributed by atoms with Crippen molar-refractivity contribution in [2.24, 2.45) is 16.9 Å². The van der Waals surface area contributed by atoms with E-state index in [0.29, 0.717) is 0 Å². The summed E-state index contributed by atoms with van der Waals surface area (Å²) in [5.74, 6) is 5.61. The second-order valence-corrected chi connectivity index (χ2v) is 4.56. The zero-order valence-corrected chi connectivity index (χ0v) is 9.93. The van der Waals surface area contributed by atoms with Gasteiger partial charge in [-0.15, -0.1) is 0 Å². The molecule has 0 amide bonds. The van der Waals surface area contributed by atoms with E-state index in [2.05, 4.69) is 5.10 Å². The molecule has 3 heteroatoms. The number of carbonyl (C=O) groups is 1. The number of Topliss-reactive ketones (excluding diaryl/α,β-unsaturated/α-hetero) is 1. The molecule has 3 nitrogen and oxygen atoms in total. The number of hydrazone groups is 1. The number of carbonyl (C=O) groups excluding carboxylic acids is 1. The van der Waals surface area contributed by atoms with Gasteiger partial charge in [0, 0.05) is 17.0 Å². The van der Waals surface area contributed by atoms with Gasteiger partial charge in [-0.3, -0.25) is 4.79 Å². The van der Waals surface area contributed by atoms with E-state index in [1.165, 1.54) is 19.3 Å². The van der Waals surface area contributed by atoms with Crippen molar-refractivity contribution in [2.45, 2.75) is 32.1 Å². The Morgan fingerprint density at radius 3 is 2.65 bits per heavy atom. The maximum Gasteiger partial charge on any atom is 0.166 e. The van der Waals surface area contributed by atoms with Gasteiger partial charge in [0.1, 0.15) is 0 Å². The summed E-state index contributed by atoms with van der Waals surface area (Å²) in [7, 11) is 0. The van der Waals surface area contributed by atoms with Gasteiger partial charge in [-0.05, 0) is 12.8 Å². The fraction of sp³-hybridized carbons (Fsp3) is 0.429. The fourth-order valence-corrected chi connectivity index (χ4v) is 2.50. The first kappa shape index (κ1) is 11.8. The van der Waals surface area contributed by atoms with Crippen LogP contribution in [0.5, 0.6) is 0 Å². The summed E-state index contributed by atoms with van der Waals surface area (Å²) in [5.41, 5.74) is 1.58. The Hall–Kier alpha value is -1.64. The van der Waals surface area contributed by atoms with Crippen molar-refractivity contribution in [1.82, 2.24) is 0 Å². The van der Waals surface area contributed by atoms with Crippen LogP contribution in [0.2, 0.25) is 0 Å². The summed E-state index contributed by atoms with van der Waals surface area (Å²) < 4.78 is 0. The Bertz CT molecular complexity index is 420. The zero-order valence-electron chi connectivity index (χ0n) is 9.93. The number of rotatable bonds is 3. The molecule has 1 aromatic carbocycles. The van der Waals surface area contributed by atoms with Crippen LogP contribution in [0, 0.1) is 5.92 Å². The fourth-order valence-electron chi connectivity index (χ4n) is 2.50. The quantitative estimate of drug-likeness (QED) is 0.375. The Labute approximate surface area is 102 Å². The normalized spacial score (nSPS) is 17.4. The van der Waals surface area contributed by atoms with Crippen LogP contribution < -0.4 is 5.84 Å². The molecule has 0 saturated heterocycles. The number of benzene rings is 1. The molecule has 90 valence electrons. The lowest BCUT2D eigenvalue weighted by Crippen LogP contribution is -2.19. The Kier molecular flexibility index (Phi) is 3.91. The van der Waals surface area contributed by atoms with Crippen molar-refractivity contribution < 1.29 is 4.79 Å². The second-order valence-electron chi connectivity index (χ2n) is 4.56. The molecule has 0 heterocycles. The standard InChI is InChI=1S/C14H18N2O/c15-16-10-12-8-4-5-9-13(12)14(17)11-6-2-1-3-7-11/h4-5,8-11H,1-3,6-7,15H2. The van der Waals surface area contributed by atoms with Crippen LogP contribution in [0.25, 0.3) is 0 Å². The summed E-state index contributed by atoms with van der Waals surface area (Å²) in [6, 6.07) is 7.54. The summed E-state index contributed by atoms with van der Waals surface area (Å²) in [6.07, 6.45) is 7.19. The van der Waals surface area contributed by atoms with Gasteiger partial charge in [-0.25, -0.2) is 0 Å². The third-order valence-corrected chi connectivity index (χ3v) is 3.42. The van der Waals surface area contributed by atoms with Crippen LogP contribution in [-0.4, -0.2) is 12.0 Å². The van der Waals surface area contributed by atoms with E-state index in [-0.39, 0.29) is 11.7 Å². The molecule has 1 aliphatic rings. The molecule has 0 bridgehead atoms. The van der Waals surface area contributed by atoms with E-state index in [0.717, 1.165) is 24.0 Å². The highest BCUT2D eigenvalue weighted by molar-refractivity contribution is 6.04. The number of hydrogen-bond donors (Lipinski definition) is 1. The van der Waals surface area contributed by atoms with Gasteiger partial charge >= 0.3 is 0 Å². The molecule has 1 aliphatic carbocycles. The highest BCUT2D eigenvalue weighted by Crippen LogP contribution is 2.27. The Morgan fingerprint density at radius 1 is 1.24 bits per heavy atom. The molecule has 1 saturated carbocycles. The predicted molar refractivity (Wildman–Crippen MR) is 69.1 cm³/mol. The number of nitrogens with two attached hydrogens (primary N) is 1. The van der Waals surface area contributed by atoms with Gasteiger partial charge in [-0.2, -0.15) is 5.10 Å². The maximum atomic E-state index is 12.4. The third-order valence-electron chi connectivity index (χ3n) is 3.42.